The van der Waals surface area contributed by atoms with Gasteiger partial charge in [-0.15, -0.1) is 0 Å². The molecule has 1 heterocycles. The predicted octanol–water partition coefficient (Wildman–Crippen LogP) is 3.25. The van der Waals surface area contributed by atoms with Crippen LogP contribution in [0.2, 0.25) is 0 Å². The van der Waals surface area contributed by atoms with Crippen LogP contribution in [-0.2, 0) is 33.8 Å². The third kappa shape index (κ3) is 6.47. The van der Waals surface area contributed by atoms with Gasteiger partial charge in [-0.25, -0.2) is 4.79 Å². The van der Waals surface area contributed by atoms with Crippen molar-refractivity contribution in [2.45, 2.75) is 84.1 Å². The van der Waals surface area contributed by atoms with E-state index in [0.717, 1.165) is 40.9 Å². The molecule has 0 aromatic heterocycles. The van der Waals surface area contributed by atoms with Gasteiger partial charge < -0.3 is 26.4 Å². The summed E-state index contributed by atoms with van der Waals surface area (Å²) in [5.74, 6) is -1.25. The molecule has 0 radical (unpaired) electrons. The first-order chi connectivity index (χ1) is 19.3. The van der Waals surface area contributed by atoms with E-state index in [-0.39, 0.29) is 18.5 Å². The molecule has 2 aromatic rings. The van der Waals surface area contributed by atoms with E-state index < -0.39 is 41.4 Å². The zero-order valence-corrected chi connectivity index (χ0v) is 24.4. The zero-order valence-electron chi connectivity index (χ0n) is 24.4. The number of hydrogen-bond acceptors (Lipinski definition) is 5. The van der Waals surface area contributed by atoms with Gasteiger partial charge >= 0.3 is 6.09 Å². The minimum absolute atomic E-state index is 0.150. The van der Waals surface area contributed by atoms with E-state index in [0.29, 0.717) is 12.1 Å². The predicted molar refractivity (Wildman–Crippen MR) is 156 cm³/mol. The average molecular weight is 564 g/mol. The van der Waals surface area contributed by atoms with E-state index in [1.807, 2.05) is 51.1 Å². The molecule has 2 aliphatic rings. The number of amides is 4. The average Bonchev–Trinajstić information content (AvgIpc) is 2.93. The van der Waals surface area contributed by atoms with E-state index in [1.165, 1.54) is 24.4 Å². The Kier molecular flexibility index (Phi) is 8.60. The van der Waals surface area contributed by atoms with Gasteiger partial charge in [0.25, 0.3) is 0 Å². The van der Waals surface area contributed by atoms with Crippen LogP contribution in [0.5, 0.6) is 0 Å². The maximum Gasteiger partial charge on any atom is 0.407 e. The summed E-state index contributed by atoms with van der Waals surface area (Å²) in [6.45, 7) is 7.10. The number of nitrogens with one attached hydrogen (secondary N) is 2. The molecule has 0 fully saturated rings. The number of likely N-dealkylation sites (N-methyl/N-ethyl adjacent to an activating group) is 1. The smallest absolute Gasteiger partial charge is 0.407 e. The summed E-state index contributed by atoms with van der Waals surface area (Å²) >= 11 is 0. The van der Waals surface area contributed by atoms with Gasteiger partial charge in [0.05, 0.1) is 6.04 Å². The number of benzene rings is 2. The van der Waals surface area contributed by atoms with E-state index in [1.54, 1.807) is 6.07 Å². The number of nitrogens with two attached hydrogens (primary N) is 1. The van der Waals surface area contributed by atoms with Gasteiger partial charge in [0.1, 0.15) is 18.1 Å². The fraction of sp³-hybridized carbons (Fsp3) is 0.484. The van der Waals surface area contributed by atoms with E-state index >= 15 is 0 Å². The summed E-state index contributed by atoms with van der Waals surface area (Å²) in [6, 6.07) is 10.6. The normalized spacial score (nSPS) is 19.7. The third-order valence-electron chi connectivity index (χ3n) is 8.29. The van der Waals surface area contributed by atoms with Crippen molar-refractivity contribution >= 4 is 29.5 Å². The molecule has 10 heteroatoms. The van der Waals surface area contributed by atoms with Gasteiger partial charge in [0.15, 0.2) is 0 Å². The zero-order chi connectivity index (χ0) is 30.1. The molecule has 5 N–H and O–H groups in total. The Balaban J connectivity index is 1.64. The van der Waals surface area contributed by atoms with Crippen LogP contribution in [0.25, 0.3) is 0 Å². The highest BCUT2D eigenvalue weighted by Gasteiger charge is 2.43. The molecule has 0 unspecified atom stereocenters. The Morgan fingerprint density at radius 3 is 2.46 bits per heavy atom. The minimum atomic E-state index is -1.25. The highest BCUT2D eigenvalue weighted by Crippen LogP contribution is 2.32. The standard InChI is InChI=1S/C31H41N5O5/c1-18(35(5)30(40)41)27(37)34-26(31(2,3)4)29(39)36-17-21-15-22(32)14-13-20(21)16-25(36)28(38)33-24-12-8-10-19-9-6-7-11-23(19)24/h6-7,9,11,13-15,18,24-26H,8,10,12,16-17,32H2,1-5H3,(H,33,38)(H,34,37)(H,40,41)/t18-,24+,25-,26+/m0/s1. The molecule has 2 aromatic carbocycles. The Bertz CT molecular complexity index is 1340. The van der Waals surface area contributed by atoms with Crippen LogP contribution >= 0.6 is 0 Å². The first-order valence-electron chi connectivity index (χ1n) is 14.1. The number of nitrogen functional groups attached to an aromatic ring is 1. The summed E-state index contributed by atoms with van der Waals surface area (Å²) in [5, 5.41) is 15.3. The van der Waals surface area contributed by atoms with Gasteiger partial charge in [-0.1, -0.05) is 51.1 Å². The van der Waals surface area contributed by atoms with Crippen molar-refractivity contribution < 1.29 is 24.3 Å². The Morgan fingerprint density at radius 2 is 1.78 bits per heavy atom. The first-order valence-corrected chi connectivity index (χ1v) is 14.1. The minimum Gasteiger partial charge on any atom is -0.465 e. The molecule has 0 spiro atoms. The fourth-order valence-corrected chi connectivity index (χ4v) is 5.66. The molecule has 4 atom stereocenters. The lowest BCUT2D eigenvalue weighted by molar-refractivity contribution is -0.147. The van der Waals surface area contributed by atoms with Crippen molar-refractivity contribution in [2.24, 2.45) is 5.41 Å². The number of carbonyl (C=O) groups excluding carboxylic acids is 3. The van der Waals surface area contributed by atoms with Crippen molar-refractivity contribution in [2.75, 3.05) is 12.8 Å². The highest BCUT2D eigenvalue weighted by atomic mass is 16.4. The third-order valence-corrected chi connectivity index (χ3v) is 8.29. The molecule has 1 aliphatic carbocycles. The summed E-state index contributed by atoms with van der Waals surface area (Å²) in [5.41, 5.74) is 10.0. The monoisotopic (exact) mass is 563 g/mol. The van der Waals surface area contributed by atoms with Gasteiger partial charge in [-0.05, 0) is 66.0 Å². The number of fused-ring (bicyclic) bond motifs is 2. The molecule has 1 aliphatic heterocycles. The number of nitrogens with zero attached hydrogens (tertiary/aromatic N) is 2. The Morgan fingerprint density at radius 1 is 1.07 bits per heavy atom. The lowest BCUT2D eigenvalue weighted by Crippen LogP contribution is -2.62. The number of rotatable bonds is 6. The van der Waals surface area contributed by atoms with Crippen molar-refractivity contribution in [1.82, 2.24) is 20.4 Å². The summed E-state index contributed by atoms with van der Waals surface area (Å²) in [6.07, 6.45) is 1.79. The summed E-state index contributed by atoms with van der Waals surface area (Å²) in [4.78, 5) is 55.2. The van der Waals surface area contributed by atoms with Crippen LogP contribution in [0.1, 0.15) is 68.8 Å². The van der Waals surface area contributed by atoms with E-state index in [2.05, 4.69) is 16.7 Å². The molecule has 0 bridgehead atoms. The van der Waals surface area contributed by atoms with Gasteiger partial charge in [-0.2, -0.15) is 0 Å². The number of aryl methyl sites for hydroxylation is 1. The number of anilines is 1. The van der Waals surface area contributed by atoms with Crippen molar-refractivity contribution in [3.8, 4) is 0 Å². The van der Waals surface area contributed by atoms with E-state index in [9.17, 15) is 24.3 Å². The molecular formula is C31H41N5O5. The Labute approximate surface area is 241 Å². The SMILES string of the molecule is C[C@@H](C(=O)N[C@H](C(=O)N1Cc2cc(N)ccc2C[C@H]1C(=O)N[C@@H]1CCCc2ccccc21)C(C)(C)C)N(C)C(=O)O. The maximum absolute atomic E-state index is 14.3. The second kappa shape index (κ2) is 11.8. The fourth-order valence-electron chi connectivity index (χ4n) is 5.66. The van der Waals surface area contributed by atoms with Gasteiger partial charge in [0.2, 0.25) is 17.7 Å². The Hall–Kier alpha value is -4.08. The van der Waals surface area contributed by atoms with Crippen LogP contribution < -0.4 is 16.4 Å². The van der Waals surface area contributed by atoms with Crippen LogP contribution in [0.15, 0.2) is 42.5 Å². The topological polar surface area (TPSA) is 145 Å². The maximum atomic E-state index is 14.3. The molecular weight excluding hydrogens is 522 g/mol. The second-order valence-electron chi connectivity index (χ2n) is 12.2. The lowest BCUT2D eigenvalue weighted by atomic mass is 9.83. The second-order valence-corrected chi connectivity index (χ2v) is 12.2. The van der Waals surface area contributed by atoms with Gasteiger partial charge in [-0.3, -0.25) is 19.3 Å². The number of carbonyl (C=O) groups is 4. The van der Waals surface area contributed by atoms with Crippen LogP contribution in [0.4, 0.5) is 10.5 Å². The summed E-state index contributed by atoms with van der Waals surface area (Å²) in [7, 11) is 1.30. The molecule has 4 amide bonds. The molecule has 10 nitrogen and oxygen atoms in total. The molecule has 220 valence electrons. The molecule has 0 saturated carbocycles. The van der Waals surface area contributed by atoms with Crippen molar-refractivity contribution in [3.63, 3.8) is 0 Å². The van der Waals surface area contributed by atoms with Crippen LogP contribution in [-0.4, -0.2) is 63.9 Å². The molecule has 41 heavy (non-hydrogen) atoms. The quantitative estimate of drug-likeness (QED) is 0.397. The summed E-state index contributed by atoms with van der Waals surface area (Å²) < 4.78 is 0. The van der Waals surface area contributed by atoms with Crippen LogP contribution in [0.3, 0.4) is 0 Å². The molecule has 0 saturated heterocycles. The molecule has 4 rings (SSSR count). The lowest BCUT2D eigenvalue weighted by Gasteiger charge is -2.42. The number of carboxylic acid groups (broad SMARTS) is 1. The van der Waals surface area contributed by atoms with Crippen molar-refractivity contribution in [1.29, 1.82) is 0 Å². The van der Waals surface area contributed by atoms with Crippen molar-refractivity contribution in [3.05, 3.63) is 64.7 Å². The van der Waals surface area contributed by atoms with Crippen LogP contribution in [0, 0.1) is 5.41 Å². The number of hydrogen-bond donors (Lipinski definition) is 4. The first kappa shape index (κ1) is 29.9. The highest BCUT2D eigenvalue weighted by molar-refractivity contribution is 5.94. The van der Waals surface area contributed by atoms with Gasteiger partial charge in [0, 0.05) is 25.7 Å². The van der Waals surface area contributed by atoms with E-state index in [4.69, 9.17) is 5.73 Å². The largest absolute Gasteiger partial charge is 0.465 e.